The summed E-state index contributed by atoms with van der Waals surface area (Å²) in [5.41, 5.74) is 0.188. The van der Waals surface area contributed by atoms with Crippen molar-refractivity contribution in [2.75, 3.05) is 13.1 Å². The molecule has 0 aliphatic carbocycles. The molecule has 0 spiro atoms. The highest BCUT2D eigenvalue weighted by Gasteiger charge is 2.38. The van der Waals surface area contributed by atoms with Gasteiger partial charge >= 0.3 is 12.1 Å². The number of aromatic nitrogens is 2. The zero-order valence-electron chi connectivity index (χ0n) is 15.7. The van der Waals surface area contributed by atoms with Crippen LogP contribution in [0.1, 0.15) is 22.7 Å². The lowest BCUT2D eigenvalue weighted by Crippen LogP contribution is -2.31. The van der Waals surface area contributed by atoms with Gasteiger partial charge in [0.2, 0.25) is 5.82 Å². The van der Waals surface area contributed by atoms with E-state index >= 15 is 0 Å². The lowest BCUT2D eigenvalue weighted by molar-refractivity contribution is -0.159. The number of hydrogen-bond acceptors (Lipinski definition) is 5. The third-order valence-electron chi connectivity index (χ3n) is 4.66. The van der Waals surface area contributed by atoms with E-state index in [2.05, 4.69) is 14.7 Å². The molecular formula is C20H14F5N3O3. The maximum absolute atomic E-state index is 14.4. The average Bonchev–Trinajstić information content (AvgIpc) is 3.39. The number of nitrogens with zero attached hydrogens (tertiary/aromatic N) is 3. The fourth-order valence-corrected chi connectivity index (χ4v) is 3.18. The molecule has 0 bridgehead atoms. The molecule has 1 atom stereocenters. The third kappa shape index (κ3) is 4.49. The van der Waals surface area contributed by atoms with Crippen LogP contribution in [0.5, 0.6) is 5.75 Å². The monoisotopic (exact) mass is 439 g/mol. The van der Waals surface area contributed by atoms with E-state index < -0.39 is 35.6 Å². The Bertz CT molecular complexity index is 1120. The fraction of sp³-hybridized carbons (Fsp3) is 0.250. The molecule has 0 radical (unpaired) electrons. The van der Waals surface area contributed by atoms with Crippen LogP contribution in [0, 0.1) is 11.6 Å². The van der Waals surface area contributed by atoms with Gasteiger partial charge in [0.05, 0.1) is 6.54 Å². The SMILES string of the molecule is O=C(c1cccc(F)c1)N1CC[C@H](Oc2ccc(-c3noc(C(F)(F)F)n3)cc2F)C1. The average molecular weight is 439 g/mol. The minimum Gasteiger partial charge on any atom is -0.485 e. The van der Waals surface area contributed by atoms with E-state index in [0.29, 0.717) is 13.0 Å². The summed E-state index contributed by atoms with van der Waals surface area (Å²) in [4.78, 5) is 17.1. The van der Waals surface area contributed by atoms with Crippen LogP contribution in [-0.2, 0) is 6.18 Å². The summed E-state index contributed by atoms with van der Waals surface area (Å²) in [6.07, 6.45) is -4.87. The second-order valence-corrected chi connectivity index (χ2v) is 6.86. The van der Waals surface area contributed by atoms with Gasteiger partial charge in [-0.05, 0) is 36.4 Å². The molecule has 0 saturated carbocycles. The lowest BCUT2D eigenvalue weighted by atomic mass is 10.2. The van der Waals surface area contributed by atoms with Crippen LogP contribution in [-0.4, -0.2) is 40.1 Å². The van der Waals surface area contributed by atoms with Crippen LogP contribution in [0.3, 0.4) is 0 Å². The molecule has 0 unspecified atom stereocenters. The Morgan fingerprint density at radius 3 is 2.65 bits per heavy atom. The van der Waals surface area contributed by atoms with Crippen LogP contribution >= 0.6 is 0 Å². The van der Waals surface area contributed by atoms with Gasteiger partial charge in [-0.25, -0.2) is 8.78 Å². The summed E-state index contributed by atoms with van der Waals surface area (Å²) in [5.74, 6) is -3.79. The second kappa shape index (κ2) is 7.97. The van der Waals surface area contributed by atoms with Crippen molar-refractivity contribution in [2.24, 2.45) is 0 Å². The Morgan fingerprint density at radius 2 is 1.97 bits per heavy atom. The number of carbonyl (C=O) groups is 1. The molecule has 162 valence electrons. The van der Waals surface area contributed by atoms with Crippen molar-refractivity contribution in [3.63, 3.8) is 0 Å². The molecule has 1 saturated heterocycles. The van der Waals surface area contributed by atoms with Crippen molar-refractivity contribution in [3.05, 3.63) is 65.6 Å². The smallest absolute Gasteiger partial charge is 0.471 e. The van der Waals surface area contributed by atoms with Crippen molar-refractivity contribution < 1.29 is 36.0 Å². The lowest BCUT2D eigenvalue weighted by Gasteiger charge is -2.17. The van der Waals surface area contributed by atoms with Crippen LogP contribution < -0.4 is 4.74 Å². The Hall–Kier alpha value is -3.50. The van der Waals surface area contributed by atoms with Gasteiger partial charge in [0.25, 0.3) is 5.91 Å². The quantitative estimate of drug-likeness (QED) is 0.567. The molecule has 11 heteroatoms. The number of hydrogen-bond donors (Lipinski definition) is 0. The topological polar surface area (TPSA) is 68.5 Å². The van der Waals surface area contributed by atoms with Gasteiger partial charge in [-0.2, -0.15) is 18.2 Å². The number of halogens is 5. The van der Waals surface area contributed by atoms with E-state index in [1.165, 1.54) is 35.2 Å². The number of amides is 1. The van der Waals surface area contributed by atoms with Gasteiger partial charge in [0.1, 0.15) is 11.9 Å². The van der Waals surface area contributed by atoms with E-state index in [4.69, 9.17) is 4.74 Å². The van der Waals surface area contributed by atoms with E-state index in [0.717, 1.165) is 12.1 Å². The van der Waals surface area contributed by atoms with Crippen molar-refractivity contribution >= 4 is 5.91 Å². The van der Waals surface area contributed by atoms with E-state index in [9.17, 15) is 26.7 Å². The molecule has 1 amide bonds. The first-order chi connectivity index (χ1) is 14.7. The van der Waals surface area contributed by atoms with E-state index in [1.807, 2.05) is 0 Å². The summed E-state index contributed by atoms with van der Waals surface area (Å²) >= 11 is 0. The standard InChI is InChI=1S/C20H14F5N3O3/c21-13-3-1-2-12(8-13)18(29)28-7-6-14(10-28)30-16-5-4-11(9-15(16)22)17-26-19(31-27-17)20(23,24)25/h1-5,8-9,14H,6-7,10H2/t14-/m0/s1. The van der Waals surface area contributed by atoms with Gasteiger partial charge in [-0.15, -0.1) is 0 Å². The molecule has 2 heterocycles. The van der Waals surface area contributed by atoms with E-state index in [1.54, 1.807) is 0 Å². The predicted molar refractivity (Wildman–Crippen MR) is 96.0 cm³/mol. The third-order valence-corrected chi connectivity index (χ3v) is 4.66. The molecule has 1 aliphatic rings. The van der Waals surface area contributed by atoms with E-state index in [-0.39, 0.29) is 29.3 Å². The summed E-state index contributed by atoms with van der Waals surface area (Å²) in [6.45, 7) is 0.527. The molecule has 3 aromatic rings. The Labute approximate surface area is 172 Å². The first kappa shape index (κ1) is 20.8. The Balaban J connectivity index is 1.42. The highest BCUT2D eigenvalue weighted by molar-refractivity contribution is 5.94. The van der Waals surface area contributed by atoms with Crippen molar-refractivity contribution in [1.82, 2.24) is 15.0 Å². The first-order valence-corrected chi connectivity index (χ1v) is 9.13. The normalized spacial score (nSPS) is 16.5. The minimum atomic E-state index is -4.80. The van der Waals surface area contributed by atoms with Crippen LogP contribution in [0.15, 0.2) is 47.0 Å². The maximum atomic E-state index is 14.4. The molecule has 1 aromatic heterocycles. The highest BCUT2D eigenvalue weighted by atomic mass is 19.4. The van der Waals surface area contributed by atoms with Crippen LogP contribution in [0.25, 0.3) is 11.4 Å². The van der Waals surface area contributed by atoms with Crippen LogP contribution in [0.2, 0.25) is 0 Å². The Kier molecular flexibility index (Phi) is 5.34. The molecule has 1 fully saturated rings. The summed E-state index contributed by atoms with van der Waals surface area (Å²) < 4.78 is 75.2. The molecule has 4 rings (SSSR count). The largest absolute Gasteiger partial charge is 0.485 e. The van der Waals surface area contributed by atoms with Crippen molar-refractivity contribution in [2.45, 2.75) is 18.7 Å². The van der Waals surface area contributed by atoms with Gasteiger partial charge < -0.3 is 14.2 Å². The van der Waals surface area contributed by atoms with Gasteiger partial charge in [-0.1, -0.05) is 11.2 Å². The molecule has 1 aliphatic heterocycles. The minimum absolute atomic E-state index is 0.0153. The summed E-state index contributed by atoms with van der Waals surface area (Å²) in [5, 5.41) is 3.21. The molecule has 31 heavy (non-hydrogen) atoms. The fourth-order valence-electron chi connectivity index (χ4n) is 3.18. The molecular weight excluding hydrogens is 425 g/mol. The molecule has 6 nitrogen and oxygen atoms in total. The Morgan fingerprint density at radius 1 is 1.16 bits per heavy atom. The number of alkyl halides is 3. The van der Waals surface area contributed by atoms with Crippen molar-refractivity contribution in [3.8, 4) is 17.1 Å². The number of carbonyl (C=O) groups excluding carboxylic acids is 1. The number of rotatable bonds is 4. The molecule has 2 aromatic carbocycles. The zero-order chi connectivity index (χ0) is 22.2. The first-order valence-electron chi connectivity index (χ1n) is 9.13. The summed E-state index contributed by atoms with van der Waals surface area (Å²) in [7, 11) is 0. The van der Waals surface area contributed by atoms with Gasteiger partial charge in [-0.3, -0.25) is 4.79 Å². The predicted octanol–water partition coefficient (Wildman–Crippen LogP) is 4.33. The van der Waals surface area contributed by atoms with Crippen molar-refractivity contribution in [1.29, 1.82) is 0 Å². The maximum Gasteiger partial charge on any atom is 0.471 e. The summed E-state index contributed by atoms with van der Waals surface area (Å²) in [6, 6.07) is 8.78. The number of benzene rings is 2. The van der Waals surface area contributed by atoms with Crippen LogP contribution in [0.4, 0.5) is 22.0 Å². The van der Waals surface area contributed by atoms with Gasteiger partial charge in [0.15, 0.2) is 11.6 Å². The number of likely N-dealkylation sites (tertiary alicyclic amines) is 1. The highest BCUT2D eigenvalue weighted by Crippen LogP contribution is 2.31. The number of ether oxygens (including phenoxy) is 1. The second-order valence-electron chi connectivity index (χ2n) is 6.86. The zero-order valence-corrected chi connectivity index (χ0v) is 15.7. The molecule has 0 N–H and O–H groups in total. The van der Waals surface area contributed by atoms with Gasteiger partial charge in [0, 0.05) is 24.1 Å².